The van der Waals surface area contributed by atoms with Gasteiger partial charge in [0.1, 0.15) is 0 Å². The van der Waals surface area contributed by atoms with E-state index in [1.807, 2.05) is 0 Å². The van der Waals surface area contributed by atoms with Crippen LogP contribution in [0.3, 0.4) is 0 Å². The van der Waals surface area contributed by atoms with Crippen molar-refractivity contribution in [3.63, 3.8) is 0 Å². The standard InChI is InChI=1S/C12H19BrN2S/c1-3-9-8-16-12(14-9)15(2)11-7-5-4-6-10(11)13/h8,10-11H,3-7H2,1-2H3. The highest BCUT2D eigenvalue weighted by Crippen LogP contribution is 2.32. The Labute approximate surface area is 110 Å². The molecule has 1 aliphatic carbocycles. The molecule has 2 atom stereocenters. The molecule has 0 aromatic carbocycles. The predicted molar refractivity (Wildman–Crippen MR) is 74.9 cm³/mol. The van der Waals surface area contributed by atoms with Crippen molar-refractivity contribution in [3.05, 3.63) is 11.1 Å². The largest absolute Gasteiger partial charge is 0.347 e. The van der Waals surface area contributed by atoms with Crippen molar-refractivity contribution in [2.75, 3.05) is 11.9 Å². The van der Waals surface area contributed by atoms with Crippen molar-refractivity contribution in [1.29, 1.82) is 0 Å². The van der Waals surface area contributed by atoms with Gasteiger partial charge in [0.05, 0.1) is 5.69 Å². The van der Waals surface area contributed by atoms with Crippen LogP contribution in [0.4, 0.5) is 5.13 Å². The Morgan fingerprint density at radius 1 is 1.50 bits per heavy atom. The summed E-state index contributed by atoms with van der Waals surface area (Å²) >= 11 is 5.58. The molecule has 1 aliphatic rings. The van der Waals surface area contributed by atoms with Crippen LogP contribution >= 0.6 is 27.3 Å². The monoisotopic (exact) mass is 302 g/mol. The predicted octanol–water partition coefficient (Wildman–Crippen LogP) is 3.85. The normalized spacial score (nSPS) is 25.7. The highest BCUT2D eigenvalue weighted by atomic mass is 79.9. The van der Waals surface area contributed by atoms with Gasteiger partial charge in [0.15, 0.2) is 5.13 Å². The van der Waals surface area contributed by atoms with Crippen LogP contribution in [0.1, 0.15) is 38.3 Å². The van der Waals surface area contributed by atoms with Crippen molar-refractivity contribution >= 4 is 32.4 Å². The van der Waals surface area contributed by atoms with Crippen LogP contribution < -0.4 is 4.90 Å². The van der Waals surface area contributed by atoms with E-state index in [1.165, 1.54) is 36.5 Å². The van der Waals surface area contributed by atoms with E-state index >= 15 is 0 Å². The average Bonchev–Trinajstić information content (AvgIpc) is 2.77. The molecule has 0 aliphatic heterocycles. The molecule has 1 saturated carbocycles. The van der Waals surface area contributed by atoms with E-state index in [2.05, 4.69) is 45.2 Å². The van der Waals surface area contributed by atoms with Crippen molar-refractivity contribution in [1.82, 2.24) is 4.98 Å². The number of thiazole rings is 1. The third kappa shape index (κ3) is 2.59. The Hall–Kier alpha value is -0.0900. The summed E-state index contributed by atoms with van der Waals surface area (Å²) < 4.78 is 0. The number of alkyl halides is 1. The number of halogens is 1. The second-order valence-electron chi connectivity index (χ2n) is 4.45. The molecule has 4 heteroatoms. The van der Waals surface area contributed by atoms with E-state index in [0.29, 0.717) is 10.9 Å². The first-order chi connectivity index (χ1) is 7.72. The molecule has 0 N–H and O–H groups in total. The van der Waals surface area contributed by atoms with Crippen molar-refractivity contribution in [2.24, 2.45) is 0 Å². The maximum absolute atomic E-state index is 4.66. The first-order valence-electron chi connectivity index (χ1n) is 6.03. The fraction of sp³-hybridized carbons (Fsp3) is 0.750. The molecule has 0 spiro atoms. The van der Waals surface area contributed by atoms with Gasteiger partial charge in [-0.05, 0) is 19.3 Å². The van der Waals surface area contributed by atoms with E-state index in [9.17, 15) is 0 Å². The Morgan fingerprint density at radius 2 is 2.25 bits per heavy atom. The zero-order valence-electron chi connectivity index (χ0n) is 9.95. The maximum atomic E-state index is 4.66. The summed E-state index contributed by atoms with van der Waals surface area (Å²) in [5.41, 5.74) is 1.22. The molecule has 1 aromatic rings. The van der Waals surface area contributed by atoms with Gasteiger partial charge in [-0.3, -0.25) is 0 Å². The molecule has 0 saturated heterocycles. The van der Waals surface area contributed by atoms with Gasteiger partial charge in [-0.1, -0.05) is 35.7 Å². The lowest BCUT2D eigenvalue weighted by atomic mass is 9.94. The van der Waals surface area contributed by atoms with Crippen LogP contribution in [-0.2, 0) is 6.42 Å². The Kier molecular flexibility index (Phi) is 4.25. The summed E-state index contributed by atoms with van der Waals surface area (Å²) in [6.45, 7) is 2.16. The smallest absolute Gasteiger partial charge is 0.185 e. The zero-order valence-corrected chi connectivity index (χ0v) is 12.4. The van der Waals surface area contributed by atoms with E-state index < -0.39 is 0 Å². The van der Waals surface area contributed by atoms with Crippen molar-refractivity contribution in [3.8, 4) is 0 Å². The van der Waals surface area contributed by atoms with Crippen LogP contribution in [0, 0.1) is 0 Å². The summed E-state index contributed by atoms with van der Waals surface area (Å²) in [6, 6.07) is 0.615. The minimum Gasteiger partial charge on any atom is -0.347 e. The lowest BCUT2D eigenvalue weighted by molar-refractivity contribution is 0.443. The summed E-state index contributed by atoms with van der Waals surface area (Å²) in [4.78, 5) is 7.65. The van der Waals surface area contributed by atoms with E-state index in [0.717, 1.165) is 6.42 Å². The Balaban J connectivity index is 2.07. The minimum atomic E-state index is 0.615. The number of hydrogen-bond acceptors (Lipinski definition) is 3. The molecular weight excluding hydrogens is 284 g/mol. The second-order valence-corrected chi connectivity index (χ2v) is 6.47. The van der Waals surface area contributed by atoms with Crippen LogP contribution in [0.15, 0.2) is 5.38 Å². The molecule has 2 unspecified atom stereocenters. The highest BCUT2D eigenvalue weighted by Gasteiger charge is 2.27. The SMILES string of the molecule is CCc1csc(N(C)C2CCCCC2Br)n1. The van der Waals surface area contributed by atoms with E-state index in [1.54, 1.807) is 11.3 Å². The molecule has 0 bridgehead atoms. The Bertz CT molecular complexity index is 340. The topological polar surface area (TPSA) is 16.1 Å². The van der Waals surface area contributed by atoms with Crippen molar-refractivity contribution in [2.45, 2.75) is 49.9 Å². The third-order valence-electron chi connectivity index (χ3n) is 3.35. The van der Waals surface area contributed by atoms with Gasteiger partial charge in [0.25, 0.3) is 0 Å². The maximum Gasteiger partial charge on any atom is 0.185 e. The number of anilines is 1. The molecule has 1 fully saturated rings. The van der Waals surface area contributed by atoms with E-state index in [4.69, 9.17) is 0 Å². The zero-order chi connectivity index (χ0) is 11.5. The second kappa shape index (κ2) is 5.50. The fourth-order valence-corrected chi connectivity index (χ4v) is 4.14. The Morgan fingerprint density at radius 3 is 2.88 bits per heavy atom. The van der Waals surface area contributed by atoms with Crippen LogP contribution in [0.25, 0.3) is 0 Å². The number of aryl methyl sites for hydroxylation is 1. The number of rotatable bonds is 3. The van der Waals surface area contributed by atoms with Gasteiger partial charge >= 0.3 is 0 Å². The van der Waals surface area contributed by atoms with Crippen LogP contribution in [-0.4, -0.2) is 22.9 Å². The molecular formula is C12H19BrN2S. The molecule has 2 rings (SSSR count). The molecule has 1 heterocycles. The van der Waals surface area contributed by atoms with Gasteiger partial charge in [-0.2, -0.15) is 0 Å². The number of aromatic nitrogens is 1. The molecule has 1 aromatic heterocycles. The quantitative estimate of drug-likeness (QED) is 0.789. The molecule has 90 valence electrons. The van der Waals surface area contributed by atoms with Crippen LogP contribution in [0.5, 0.6) is 0 Å². The number of nitrogens with zero attached hydrogens (tertiary/aromatic N) is 2. The molecule has 2 nitrogen and oxygen atoms in total. The van der Waals surface area contributed by atoms with Crippen molar-refractivity contribution < 1.29 is 0 Å². The van der Waals surface area contributed by atoms with Gasteiger partial charge in [-0.25, -0.2) is 4.98 Å². The molecule has 16 heavy (non-hydrogen) atoms. The first kappa shape index (κ1) is 12.4. The van der Waals surface area contributed by atoms with Crippen LogP contribution in [0.2, 0.25) is 0 Å². The third-order valence-corrected chi connectivity index (χ3v) is 5.40. The van der Waals surface area contributed by atoms with Gasteiger partial charge in [0, 0.05) is 23.3 Å². The summed E-state index contributed by atoms with van der Waals surface area (Å²) in [5.74, 6) is 0. The van der Waals surface area contributed by atoms with Gasteiger partial charge < -0.3 is 4.90 Å². The van der Waals surface area contributed by atoms with Gasteiger partial charge in [0.2, 0.25) is 0 Å². The molecule has 0 amide bonds. The summed E-state index contributed by atoms with van der Waals surface area (Å²) in [7, 11) is 2.18. The minimum absolute atomic E-state index is 0.615. The lowest BCUT2D eigenvalue weighted by Gasteiger charge is -2.35. The fourth-order valence-electron chi connectivity index (χ4n) is 2.26. The summed E-state index contributed by atoms with van der Waals surface area (Å²) in [5, 5.41) is 3.35. The highest BCUT2D eigenvalue weighted by molar-refractivity contribution is 9.09. The first-order valence-corrected chi connectivity index (χ1v) is 7.83. The number of hydrogen-bond donors (Lipinski definition) is 0. The van der Waals surface area contributed by atoms with Gasteiger partial charge in [-0.15, -0.1) is 11.3 Å². The lowest BCUT2D eigenvalue weighted by Crippen LogP contribution is -2.40. The van der Waals surface area contributed by atoms with E-state index in [-0.39, 0.29) is 0 Å². The average molecular weight is 303 g/mol. The summed E-state index contributed by atoms with van der Waals surface area (Å²) in [6.07, 6.45) is 6.32. The molecule has 0 radical (unpaired) electrons.